The molecular formula is C9H12FNO3S. The topological polar surface area (TPSA) is 55.4 Å². The minimum Gasteiger partial charge on any atom is -0.492 e. The first-order valence-corrected chi connectivity index (χ1v) is 6.19. The maximum atomic E-state index is 12.5. The fourth-order valence-corrected chi connectivity index (χ4v) is 1.38. The molecule has 1 N–H and O–H groups in total. The van der Waals surface area contributed by atoms with Crippen LogP contribution in [0.25, 0.3) is 0 Å². The summed E-state index contributed by atoms with van der Waals surface area (Å²) in [5.41, 5.74) is 0. The van der Waals surface area contributed by atoms with Crippen molar-refractivity contribution < 1.29 is 17.5 Å². The molecule has 1 aromatic carbocycles. The van der Waals surface area contributed by atoms with Gasteiger partial charge in [-0.25, -0.2) is 17.5 Å². The fourth-order valence-electron chi connectivity index (χ4n) is 0.927. The van der Waals surface area contributed by atoms with Gasteiger partial charge in [0.1, 0.15) is 18.2 Å². The van der Waals surface area contributed by atoms with E-state index in [1.54, 1.807) is 0 Å². The van der Waals surface area contributed by atoms with Gasteiger partial charge in [-0.05, 0) is 24.3 Å². The van der Waals surface area contributed by atoms with Crippen LogP contribution in [0.4, 0.5) is 4.39 Å². The molecule has 15 heavy (non-hydrogen) atoms. The molecule has 1 aromatic rings. The SMILES string of the molecule is CS(=O)(=O)NCCOc1ccc(F)cc1. The number of sulfonamides is 1. The second kappa shape index (κ2) is 5.09. The zero-order chi connectivity index (χ0) is 11.3. The molecule has 0 saturated carbocycles. The van der Waals surface area contributed by atoms with Crippen molar-refractivity contribution in [3.05, 3.63) is 30.1 Å². The van der Waals surface area contributed by atoms with Crippen LogP contribution in [0.15, 0.2) is 24.3 Å². The average Bonchev–Trinajstić information content (AvgIpc) is 2.14. The van der Waals surface area contributed by atoms with Gasteiger partial charge in [0.2, 0.25) is 10.0 Å². The first-order chi connectivity index (χ1) is 6.97. The summed E-state index contributed by atoms with van der Waals surface area (Å²) in [6.45, 7) is 0.398. The fraction of sp³-hybridized carbons (Fsp3) is 0.333. The second-order valence-corrected chi connectivity index (χ2v) is 4.80. The van der Waals surface area contributed by atoms with E-state index in [9.17, 15) is 12.8 Å². The molecule has 0 aliphatic rings. The lowest BCUT2D eigenvalue weighted by atomic mass is 10.3. The summed E-state index contributed by atoms with van der Waals surface area (Å²) in [6.07, 6.45) is 1.07. The van der Waals surface area contributed by atoms with Crippen molar-refractivity contribution >= 4 is 10.0 Å². The van der Waals surface area contributed by atoms with E-state index in [-0.39, 0.29) is 19.0 Å². The Kier molecular flexibility index (Phi) is 4.05. The maximum absolute atomic E-state index is 12.5. The van der Waals surface area contributed by atoms with Crippen LogP contribution in [-0.2, 0) is 10.0 Å². The third-order valence-corrected chi connectivity index (χ3v) is 2.28. The van der Waals surface area contributed by atoms with Crippen molar-refractivity contribution in [1.82, 2.24) is 4.72 Å². The van der Waals surface area contributed by atoms with Crippen LogP contribution in [0.2, 0.25) is 0 Å². The molecule has 0 heterocycles. The smallest absolute Gasteiger partial charge is 0.208 e. The number of nitrogens with one attached hydrogen (secondary N) is 1. The molecular weight excluding hydrogens is 221 g/mol. The number of rotatable bonds is 5. The third-order valence-electron chi connectivity index (χ3n) is 1.55. The van der Waals surface area contributed by atoms with Crippen LogP contribution in [0.3, 0.4) is 0 Å². The number of benzene rings is 1. The Balaban J connectivity index is 2.29. The maximum Gasteiger partial charge on any atom is 0.208 e. The third kappa shape index (κ3) is 5.34. The summed E-state index contributed by atoms with van der Waals surface area (Å²) in [6, 6.07) is 5.52. The van der Waals surface area contributed by atoms with Gasteiger partial charge in [0.15, 0.2) is 0 Å². The highest BCUT2D eigenvalue weighted by Gasteiger charge is 1.99. The number of hydrogen-bond acceptors (Lipinski definition) is 3. The standard InChI is InChI=1S/C9H12FNO3S/c1-15(12,13)11-6-7-14-9-4-2-8(10)3-5-9/h2-5,11H,6-7H2,1H3. The summed E-state index contributed by atoms with van der Waals surface area (Å²) in [4.78, 5) is 0. The average molecular weight is 233 g/mol. The van der Waals surface area contributed by atoms with Crippen LogP contribution in [0, 0.1) is 5.82 Å². The van der Waals surface area contributed by atoms with Crippen molar-refractivity contribution in [3.63, 3.8) is 0 Å². The molecule has 6 heteroatoms. The summed E-state index contributed by atoms with van der Waals surface area (Å²) < 4.78 is 41.3. The number of hydrogen-bond donors (Lipinski definition) is 1. The summed E-state index contributed by atoms with van der Waals surface area (Å²) >= 11 is 0. The zero-order valence-electron chi connectivity index (χ0n) is 8.23. The normalized spacial score (nSPS) is 11.3. The monoisotopic (exact) mass is 233 g/mol. The highest BCUT2D eigenvalue weighted by molar-refractivity contribution is 7.88. The van der Waals surface area contributed by atoms with Crippen LogP contribution in [-0.4, -0.2) is 27.8 Å². The first-order valence-electron chi connectivity index (χ1n) is 4.30. The Morgan fingerprint density at radius 2 is 1.93 bits per heavy atom. The molecule has 0 fully saturated rings. The van der Waals surface area contributed by atoms with Gasteiger partial charge in [-0.3, -0.25) is 0 Å². The first kappa shape index (κ1) is 11.9. The molecule has 0 atom stereocenters. The predicted molar refractivity (Wildman–Crippen MR) is 54.7 cm³/mol. The molecule has 0 aliphatic carbocycles. The van der Waals surface area contributed by atoms with E-state index in [1.165, 1.54) is 24.3 Å². The Bertz CT molecular complexity index is 402. The van der Waals surface area contributed by atoms with Gasteiger partial charge >= 0.3 is 0 Å². The molecule has 0 aromatic heterocycles. The van der Waals surface area contributed by atoms with Crippen LogP contribution in [0.1, 0.15) is 0 Å². The summed E-state index contributed by atoms with van der Waals surface area (Å²) in [7, 11) is -3.18. The molecule has 4 nitrogen and oxygen atoms in total. The Morgan fingerprint density at radius 3 is 2.47 bits per heavy atom. The van der Waals surface area contributed by atoms with Gasteiger partial charge in [-0.2, -0.15) is 0 Å². The Labute approximate surface area is 88.1 Å². The molecule has 0 unspecified atom stereocenters. The van der Waals surface area contributed by atoms with Gasteiger partial charge < -0.3 is 4.74 Å². The van der Waals surface area contributed by atoms with Gasteiger partial charge in [-0.15, -0.1) is 0 Å². The van der Waals surface area contributed by atoms with Crippen LogP contribution in [0.5, 0.6) is 5.75 Å². The molecule has 84 valence electrons. The molecule has 0 aliphatic heterocycles. The van der Waals surface area contributed by atoms with Crippen molar-refractivity contribution in [2.45, 2.75) is 0 Å². The molecule has 0 bridgehead atoms. The zero-order valence-corrected chi connectivity index (χ0v) is 9.05. The lowest BCUT2D eigenvalue weighted by molar-refractivity contribution is 0.322. The molecule has 0 spiro atoms. The molecule has 0 radical (unpaired) electrons. The lowest BCUT2D eigenvalue weighted by Gasteiger charge is -2.05. The molecule has 0 saturated heterocycles. The van der Waals surface area contributed by atoms with Crippen molar-refractivity contribution in [3.8, 4) is 5.75 Å². The lowest BCUT2D eigenvalue weighted by Crippen LogP contribution is -2.26. The minimum absolute atomic E-state index is 0.191. The van der Waals surface area contributed by atoms with E-state index in [2.05, 4.69) is 4.72 Å². The molecule has 0 amide bonds. The second-order valence-electron chi connectivity index (χ2n) is 2.97. The van der Waals surface area contributed by atoms with E-state index in [4.69, 9.17) is 4.74 Å². The van der Waals surface area contributed by atoms with Crippen LogP contribution < -0.4 is 9.46 Å². The van der Waals surface area contributed by atoms with Gasteiger partial charge in [0.05, 0.1) is 6.26 Å². The predicted octanol–water partition coefficient (Wildman–Crippen LogP) is 0.754. The highest BCUT2D eigenvalue weighted by atomic mass is 32.2. The quantitative estimate of drug-likeness (QED) is 0.764. The van der Waals surface area contributed by atoms with E-state index in [1.807, 2.05) is 0 Å². The van der Waals surface area contributed by atoms with Gasteiger partial charge in [0, 0.05) is 6.54 Å². The number of ether oxygens (including phenoxy) is 1. The van der Waals surface area contributed by atoms with E-state index in [0.29, 0.717) is 5.75 Å². The minimum atomic E-state index is -3.18. The summed E-state index contributed by atoms with van der Waals surface area (Å²) in [5.74, 6) is 0.170. The summed E-state index contributed by atoms with van der Waals surface area (Å²) in [5, 5.41) is 0. The van der Waals surface area contributed by atoms with E-state index >= 15 is 0 Å². The van der Waals surface area contributed by atoms with Crippen LogP contribution >= 0.6 is 0 Å². The Hall–Kier alpha value is -1.14. The highest BCUT2D eigenvalue weighted by Crippen LogP contribution is 2.10. The molecule has 1 rings (SSSR count). The van der Waals surface area contributed by atoms with Gasteiger partial charge in [-0.1, -0.05) is 0 Å². The number of halogens is 1. The largest absolute Gasteiger partial charge is 0.492 e. The van der Waals surface area contributed by atoms with Crippen molar-refractivity contribution in [1.29, 1.82) is 0 Å². The van der Waals surface area contributed by atoms with E-state index in [0.717, 1.165) is 6.26 Å². The van der Waals surface area contributed by atoms with E-state index < -0.39 is 10.0 Å². The van der Waals surface area contributed by atoms with Crippen molar-refractivity contribution in [2.24, 2.45) is 0 Å². The van der Waals surface area contributed by atoms with Gasteiger partial charge in [0.25, 0.3) is 0 Å². The Morgan fingerprint density at radius 1 is 1.33 bits per heavy atom. The van der Waals surface area contributed by atoms with Crippen molar-refractivity contribution in [2.75, 3.05) is 19.4 Å².